The number of aromatic hydroxyl groups is 2. The van der Waals surface area contributed by atoms with E-state index >= 15 is 0 Å². The molecule has 2 heteroatoms. The lowest BCUT2D eigenvalue weighted by Crippen LogP contribution is -2.07. The van der Waals surface area contributed by atoms with E-state index in [0.29, 0.717) is 11.5 Å². The third-order valence-corrected chi connectivity index (χ3v) is 5.11. The first-order valence-electron chi connectivity index (χ1n) is 9.01. The van der Waals surface area contributed by atoms with Crippen molar-refractivity contribution in [2.45, 2.75) is 40.0 Å². The molecule has 0 atom stereocenters. The summed E-state index contributed by atoms with van der Waals surface area (Å²) < 4.78 is 0. The summed E-state index contributed by atoms with van der Waals surface area (Å²) in [5, 5.41) is 20.3. The van der Waals surface area contributed by atoms with Gasteiger partial charge in [-0.05, 0) is 73.1 Å². The van der Waals surface area contributed by atoms with E-state index in [9.17, 15) is 10.2 Å². The number of hydrogen-bond donors (Lipinski definition) is 2. The molecule has 0 saturated heterocycles. The molecule has 26 heavy (non-hydrogen) atoms. The fourth-order valence-corrected chi connectivity index (χ4v) is 3.66. The van der Waals surface area contributed by atoms with E-state index in [2.05, 4.69) is 48.5 Å². The Morgan fingerprint density at radius 1 is 0.654 bits per heavy atom. The number of aryl methyl sites for hydroxylation is 4. The van der Waals surface area contributed by atoms with Gasteiger partial charge in [0.15, 0.2) is 0 Å². The predicted octanol–water partition coefficient (Wildman–Crippen LogP) is 5.71. The highest BCUT2D eigenvalue weighted by Crippen LogP contribution is 2.36. The fourth-order valence-electron chi connectivity index (χ4n) is 3.66. The van der Waals surface area contributed by atoms with Crippen molar-refractivity contribution in [1.29, 1.82) is 0 Å². The van der Waals surface area contributed by atoms with Crippen LogP contribution in [0.25, 0.3) is 0 Å². The van der Waals surface area contributed by atoms with E-state index in [1.807, 2.05) is 33.8 Å². The minimum atomic E-state index is 0.161. The topological polar surface area (TPSA) is 40.5 Å². The Bertz CT molecular complexity index is 823. The summed E-state index contributed by atoms with van der Waals surface area (Å²) >= 11 is 0. The maximum atomic E-state index is 10.2. The Kier molecular flexibility index (Phi) is 5.03. The zero-order valence-electron chi connectivity index (χ0n) is 15.9. The van der Waals surface area contributed by atoms with Gasteiger partial charge in [-0.2, -0.15) is 0 Å². The monoisotopic (exact) mass is 346 g/mol. The van der Waals surface area contributed by atoms with E-state index < -0.39 is 0 Å². The average Bonchev–Trinajstić information content (AvgIpc) is 2.62. The molecule has 0 amide bonds. The van der Waals surface area contributed by atoms with Crippen LogP contribution in [-0.2, 0) is 6.42 Å². The van der Waals surface area contributed by atoms with Crippen LogP contribution in [0, 0.1) is 27.7 Å². The molecule has 0 fully saturated rings. The second-order valence-electron chi connectivity index (χ2n) is 7.25. The van der Waals surface area contributed by atoms with E-state index in [4.69, 9.17) is 0 Å². The molecule has 0 saturated carbocycles. The molecule has 2 N–H and O–H groups in total. The molecule has 134 valence electrons. The number of rotatable bonds is 4. The quantitative estimate of drug-likeness (QED) is 0.635. The minimum absolute atomic E-state index is 0.161. The van der Waals surface area contributed by atoms with Crippen LogP contribution in [0.4, 0.5) is 0 Å². The van der Waals surface area contributed by atoms with Gasteiger partial charge in [-0.1, -0.05) is 54.6 Å². The smallest absolute Gasteiger partial charge is 0.121 e. The van der Waals surface area contributed by atoms with E-state index in [1.54, 1.807) is 0 Å². The van der Waals surface area contributed by atoms with Crippen LogP contribution in [-0.4, -0.2) is 10.2 Å². The van der Waals surface area contributed by atoms with Crippen LogP contribution >= 0.6 is 0 Å². The SMILES string of the molecule is Cc1cc(C(Cc2ccccc2)c2cc(C)c(O)c(C)c2)cc(C)c1O. The molecular formula is C24H26O2. The Morgan fingerprint density at radius 2 is 1.04 bits per heavy atom. The molecule has 3 rings (SSSR count). The standard InChI is InChI=1S/C24H26O2/c1-15-10-20(11-16(2)23(15)25)22(14-19-8-6-5-7-9-19)21-12-17(3)24(26)18(4)13-21/h5-13,22,25-26H,14H2,1-4H3. The third-order valence-electron chi connectivity index (χ3n) is 5.11. The van der Waals surface area contributed by atoms with Crippen molar-refractivity contribution in [3.63, 3.8) is 0 Å². The highest BCUT2D eigenvalue weighted by Gasteiger charge is 2.19. The molecule has 0 aromatic heterocycles. The van der Waals surface area contributed by atoms with Crippen LogP contribution in [0.5, 0.6) is 11.5 Å². The van der Waals surface area contributed by atoms with Crippen LogP contribution in [0.3, 0.4) is 0 Å². The largest absolute Gasteiger partial charge is 0.507 e. The van der Waals surface area contributed by atoms with Crippen LogP contribution in [0.2, 0.25) is 0 Å². The van der Waals surface area contributed by atoms with Crippen molar-refractivity contribution in [2.75, 3.05) is 0 Å². The maximum absolute atomic E-state index is 10.2. The van der Waals surface area contributed by atoms with Crippen LogP contribution in [0.1, 0.15) is 44.9 Å². The van der Waals surface area contributed by atoms with Gasteiger partial charge in [0.05, 0.1) is 0 Å². The minimum Gasteiger partial charge on any atom is -0.507 e. The fraction of sp³-hybridized carbons (Fsp3) is 0.250. The first-order chi connectivity index (χ1) is 12.4. The summed E-state index contributed by atoms with van der Waals surface area (Å²) in [6, 6.07) is 18.8. The summed E-state index contributed by atoms with van der Waals surface area (Å²) in [6.07, 6.45) is 0.869. The lowest BCUT2D eigenvalue weighted by atomic mass is 9.83. The molecule has 0 spiro atoms. The van der Waals surface area contributed by atoms with Gasteiger partial charge >= 0.3 is 0 Å². The molecule has 0 radical (unpaired) electrons. The molecule has 2 nitrogen and oxygen atoms in total. The van der Waals surface area contributed by atoms with Gasteiger partial charge in [-0.15, -0.1) is 0 Å². The first kappa shape index (κ1) is 18.1. The molecule has 0 aliphatic heterocycles. The molecule has 0 heterocycles. The molecule has 0 aliphatic carbocycles. The lowest BCUT2D eigenvalue weighted by molar-refractivity contribution is 0.466. The first-order valence-corrected chi connectivity index (χ1v) is 9.01. The molecular weight excluding hydrogens is 320 g/mol. The van der Waals surface area contributed by atoms with E-state index in [-0.39, 0.29) is 5.92 Å². The van der Waals surface area contributed by atoms with Crippen molar-refractivity contribution in [1.82, 2.24) is 0 Å². The summed E-state index contributed by atoms with van der Waals surface area (Å²) in [4.78, 5) is 0. The van der Waals surface area contributed by atoms with E-state index in [1.165, 1.54) is 16.7 Å². The van der Waals surface area contributed by atoms with Gasteiger partial charge in [0, 0.05) is 5.92 Å². The molecule has 0 bridgehead atoms. The normalized spacial score (nSPS) is 11.1. The number of benzene rings is 3. The zero-order chi connectivity index (χ0) is 18.8. The van der Waals surface area contributed by atoms with Crippen molar-refractivity contribution < 1.29 is 10.2 Å². The van der Waals surface area contributed by atoms with Gasteiger partial charge in [0.1, 0.15) is 11.5 Å². The highest BCUT2D eigenvalue weighted by molar-refractivity contribution is 5.49. The number of phenols is 2. The summed E-state index contributed by atoms with van der Waals surface area (Å²) in [6.45, 7) is 7.77. The Hall–Kier alpha value is -2.74. The van der Waals surface area contributed by atoms with Crippen molar-refractivity contribution in [3.8, 4) is 11.5 Å². The lowest BCUT2D eigenvalue weighted by Gasteiger charge is -2.22. The predicted molar refractivity (Wildman–Crippen MR) is 107 cm³/mol. The van der Waals surface area contributed by atoms with Crippen molar-refractivity contribution >= 4 is 0 Å². The second-order valence-corrected chi connectivity index (χ2v) is 7.25. The Balaban J connectivity index is 2.14. The van der Waals surface area contributed by atoms with Gasteiger partial charge in [0.25, 0.3) is 0 Å². The number of hydrogen-bond acceptors (Lipinski definition) is 2. The molecule has 0 unspecified atom stereocenters. The van der Waals surface area contributed by atoms with Crippen molar-refractivity contribution in [2.24, 2.45) is 0 Å². The Labute approximate surface area is 155 Å². The van der Waals surface area contributed by atoms with Crippen LogP contribution in [0.15, 0.2) is 54.6 Å². The summed E-state index contributed by atoms with van der Waals surface area (Å²) in [5.41, 5.74) is 7.22. The Morgan fingerprint density at radius 3 is 1.42 bits per heavy atom. The van der Waals surface area contributed by atoms with Crippen molar-refractivity contribution in [3.05, 3.63) is 93.5 Å². The highest BCUT2D eigenvalue weighted by atomic mass is 16.3. The van der Waals surface area contributed by atoms with E-state index in [0.717, 1.165) is 28.7 Å². The average molecular weight is 346 g/mol. The van der Waals surface area contributed by atoms with Gasteiger partial charge < -0.3 is 10.2 Å². The zero-order valence-corrected chi connectivity index (χ0v) is 15.9. The molecule has 3 aromatic rings. The second kappa shape index (κ2) is 7.25. The maximum Gasteiger partial charge on any atom is 0.121 e. The van der Waals surface area contributed by atoms with Gasteiger partial charge in [0.2, 0.25) is 0 Å². The molecule has 0 aliphatic rings. The molecule has 3 aromatic carbocycles. The summed E-state index contributed by atoms with van der Waals surface area (Å²) in [7, 11) is 0. The summed E-state index contributed by atoms with van der Waals surface area (Å²) in [5.74, 6) is 0.893. The number of phenolic OH excluding ortho intramolecular Hbond substituents is 2. The van der Waals surface area contributed by atoms with Gasteiger partial charge in [-0.25, -0.2) is 0 Å². The van der Waals surface area contributed by atoms with Crippen LogP contribution < -0.4 is 0 Å². The third kappa shape index (κ3) is 3.60. The van der Waals surface area contributed by atoms with Gasteiger partial charge in [-0.3, -0.25) is 0 Å².